The molecule has 1 aromatic carbocycles. The van der Waals surface area contributed by atoms with Crippen LogP contribution in [0.1, 0.15) is 46.5 Å². The molecule has 21 heavy (non-hydrogen) atoms. The monoisotopic (exact) mass is 345 g/mol. The van der Waals surface area contributed by atoms with Crippen molar-refractivity contribution in [3.63, 3.8) is 0 Å². The van der Waals surface area contributed by atoms with E-state index in [2.05, 4.69) is 26.1 Å². The van der Waals surface area contributed by atoms with Crippen molar-refractivity contribution in [1.82, 2.24) is 5.32 Å². The molecule has 0 saturated heterocycles. The molecule has 0 radical (unpaired) electrons. The molecule has 1 aliphatic rings. The molecule has 0 spiro atoms. The van der Waals surface area contributed by atoms with Crippen LogP contribution in [-0.4, -0.2) is 17.8 Å². The lowest BCUT2D eigenvalue weighted by Gasteiger charge is -2.44. The molecule has 0 aliphatic heterocycles. The molecule has 1 aromatic rings. The van der Waals surface area contributed by atoms with Gasteiger partial charge in [-0.15, -0.1) is 11.8 Å². The molecule has 1 nitrogen and oxygen atoms in total. The van der Waals surface area contributed by atoms with Crippen LogP contribution in [-0.2, 0) is 0 Å². The summed E-state index contributed by atoms with van der Waals surface area (Å²) >= 11 is 14.3. The average Bonchev–Trinajstić information content (AvgIpc) is 2.41. The van der Waals surface area contributed by atoms with Crippen LogP contribution in [0.15, 0.2) is 23.1 Å². The van der Waals surface area contributed by atoms with Gasteiger partial charge in [-0.05, 0) is 49.4 Å². The third kappa shape index (κ3) is 4.54. The van der Waals surface area contributed by atoms with Crippen molar-refractivity contribution in [2.24, 2.45) is 5.41 Å². The van der Waals surface area contributed by atoms with Gasteiger partial charge in [-0.1, -0.05) is 50.4 Å². The molecule has 1 N–H and O–H groups in total. The van der Waals surface area contributed by atoms with Crippen molar-refractivity contribution in [2.75, 3.05) is 6.54 Å². The summed E-state index contributed by atoms with van der Waals surface area (Å²) < 4.78 is 0. The van der Waals surface area contributed by atoms with Crippen LogP contribution in [0, 0.1) is 5.41 Å². The fraction of sp³-hybridized carbons (Fsp3) is 0.647. The predicted molar refractivity (Wildman–Crippen MR) is 95.8 cm³/mol. The van der Waals surface area contributed by atoms with E-state index in [9.17, 15) is 0 Å². The molecule has 2 unspecified atom stereocenters. The van der Waals surface area contributed by atoms with Crippen LogP contribution < -0.4 is 5.32 Å². The van der Waals surface area contributed by atoms with E-state index >= 15 is 0 Å². The maximum atomic E-state index is 6.34. The lowest BCUT2D eigenvalue weighted by molar-refractivity contribution is 0.175. The van der Waals surface area contributed by atoms with Crippen molar-refractivity contribution in [3.8, 4) is 0 Å². The Labute approximate surface area is 143 Å². The van der Waals surface area contributed by atoms with Gasteiger partial charge >= 0.3 is 0 Å². The highest BCUT2D eigenvalue weighted by Gasteiger charge is 2.39. The number of hydrogen-bond donors (Lipinski definition) is 1. The molecule has 0 bridgehead atoms. The van der Waals surface area contributed by atoms with Gasteiger partial charge in [0.1, 0.15) is 0 Å². The Hall–Kier alpha value is 0.110. The van der Waals surface area contributed by atoms with Gasteiger partial charge in [-0.2, -0.15) is 0 Å². The number of benzene rings is 1. The molecule has 1 fully saturated rings. The van der Waals surface area contributed by atoms with Crippen LogP contribution in [0.4, 0.5) is 0 Å². The molecule has 2 rings (SSSR count). The topological polar surface area (TPSA) is 12.0 Å². The first-order chi connectivity index (χ1) is 9.94. The van der Waals surface area contributed by atoms with Gasteiger partial charge in [0, 0.05) is 21.2 Å². The van der Waals surface area contributed by atoms with E-state index in [0.29, 0.717) is 16.7 Å². The van der Waals surface area contributed by atoms with Crippen LogP contribution in [0.2, 0.25) is 10.0 Å². The highest BCUT2D eigenvalue weighted by Crippen LogP contribution is 2.44. The Morgan fingerprint density at radius 1 is 1.33 bits per heavy atom. The first-order valence-corrected chi connectivity index (χ1v) is 9.42. The summed E-state index contributed by atoms with van der Waals surface area (Å²) in [6.07, 6.45) is 4.97. The Balaban J connectivity index is 2.17. The molecule has 0 amide bonds. The molecule has 1 saturated carbocycles. The highest BCUT2D eigenvalue weighted by atomic mass is 35.5. The van der Waals surface area contributed by atoms with Crippen molar-refractivity contribution in [3.05, 3.63) is 28.2 Å². The molecule has 0 heterocycles. The van der Waals surface area contributed by atoms with Crippen LogP contribution in [0.5, 0.6) is 0 Å². The van der Waals surface area contributed by atoms with Gasteiger partial charge in [0.2, 0.25) is 0 Å². The zero-order chi connectivity index (χ0) is 15.5. The first-order valence-electron chi connectivity index (χ1n) is 7.79. The minimum atomic E-state index is 0.330. The summed E-state index contributed by atoms with van der Waals surface area (Å²) in [5.41, 5.74) is 0.330. The third-order valence-electron chi connectivity index (χ3n) is 4.31. The summed E-state index contributed by atoms with van der Waals surface area (Å²) in [5, 5.41) is 5.89. The van der Waals surface area contributed by atoms with Gasteiger partial charge in [0.05, 0.1) is 5.02 Å². The maximum absolute atomic E-state index is 6.34. The smallest absolute Gasteiger partial charge is 0.0543 e. The zero-order valence-corrected chi connectivity index (χ0v) is 15.4. The number of rotatable bonds is 5. The van der Waals surface area contributed by atoms with E-state index in [1.807, 2.05) is 30.0 Å². The fourth-order valence-electron chi connectivity index (χ4n) is 3.15. The molecule has 4 heteroatoms. The lowest BCUT2D eigenvalue weighted by Crippen LogP contribution is -2.51. The van der Waals surface area contributed by atoms with Crippen LogP contribution in [0.3, 0.4) is 0 Å². The first kappa shape index (κ1) is 17.5. The maximum Gasteiger partial charge on any atom is 0.0543 e. The van der Waals surface area contributed by atoms with E-state index in [1.54, 1.807) is 0 Å². The number of thioether (sulfide) groups is 1. The summed E-state index contributed by atoms with van der Waals surface area (Å²) in [4.78, 5) is 1.11. The second-order valence-corrected chi connectivity index (χ2v) is 8.67. The van der Waals surface area contributed by atoms with Gasteiger partial charge < -0.3 is 5.32 Å². The Bertz CT molecular complexity index is 476. The lowest BCUT2D eigenvalue weighted by atomic mass is 9.73. The van der Waals surface area contributed by atoms with E-state index in [1.165, 1.54) is 25.7 Å². The SMILES string of the molecule is CCCNC1C(Sc2cc(Cl)ccc2Cl)CCCC1(C)C. The molecular formula is C17H25Cl2NS. The van der Waals surface area contributed by atoms with E-state index in [-0.39, 0.29) is 0 Å². The second kappa shape index (κ2) is 7.59. The van der Waals surface area contributed by atoms with Crippen molar-refractivity contribution in [1.29, 1.82) is 0 Å². The van der Waals surface area contributed by atoms with Gasteiger partial charge in [0.25, 0.3) is 0 Å². The Morgan fingerprint density at radius 2 is 2.10 bits per heavy atom. The normalized spacial score (nSPS) is 25.0. The minimum absolute atomic E-state index is 0.330. The molecule has 1 aliphatic carbocycles. The van der Waals surface area contributed by atoms with E-state index < -0.39 is 0 Å². The van der Waals surface area contributed by atoms with Crippen molar-refractivity contribution in [2.45, 2.75) is 62.6 Å². The number of halogens is 2. The standard InChI is InChI=1S/C17H25Cl2NS/c1-4-10-20-16-14(6-5-9-17(16,2)3)21-15-11-12(18)7-8-13(15)19/h7-8,11,14,16,20H,4-6,9-10H2,1-3H3. The van der Waals surface area contributed by atoms with Crippen molar-refractivity contribution < 1.29 is 0 Å². The van der Waals surface area contributed by atoms with Gasteiger partial charge in [0.15, 0.2) is 0 Å². The minimum Gasteiger partial charge on any atom is -0.312 e. The summed E-state index contributed by atoms with van der Waals surface area (Å²) in [6.45, 7) is 8.06. The summed E-state index contributed by atoms with van der Waals surface area (Å²) in [5.74, 6) is 0. The van der Waals surface area contributed by atoms with Gasteiger partial charge in [-0.3, -0.25) is 0 Å². The zero-order valence-electron chi connectivity index (χ0n) is 13.1. The fourth-order valence-corrected chi connectivity index (χ4v) is 5.22. The van der Waals surface area contributed by atoms with Crippen LogP contribution >= 0.6 is 35.0 Å². The van der Waals surface area contributed by atoms with Gasteiger partial charge in [-0.25, -0.2) is 0 Å². The average molecular weight is 346 g/mol. The summed E-state index contributed by atoms with van der Waals surface area (Å²) in [7, 11) is 0. The summed E-state index contributed by atoms with van der Waals surface area (Å²) in [6, 6.07) is 6.26. The molecule has 118 valence electrons. The Kier molecular flexibility index (Phi) is 6.31. The quantitative estimate of drug-likeness (QED) is 0.698. The van der Waals surface area contributed by atoms with E-state index in [4.69, 9.17) is 23.2 Å². The second-order valence-electron chi connectivity index (χ2n) is 6.54. The predicted octanol–water partition coefficient (Wildman–Crippen LogP) is 6.03. The van der Waals surface area contributed by atoms with Crippen molar-refractivity contribution >= 4 is 35.0 Å². The number of hydrogen-bond acceptors (Lipinski definition) is 2. The molecule has 0 aromatic heterocycles. The molecule has 2 atom stereocenters. The third-order valence-corrected chi connectivity index (χ3v) is 6.39. The highest BCUT2D eigenvalue weighted by molar-refractivity contribution is 8.00. The van der Waals surface area contributed by atoms with Crippen LogP contribution in [0.25, 0.3) is 0 Å². The molecular weight excluding hydrogens is 321 g/mol. The Morgan fingerprint density at radius 3 is 2.81 bits per heavy atom. The van der Waals surface area contributed by atoms with E-state index in [0.717, 1.165) is 21.5 Å². The largest absolute Gasteiger partial charge is 0.312 e. The number of nitrogens with one attached hydrogen (secondary N) is 1.